The lowest BCUT2D eigenvalue weighted by atomic mass is 9.97. The van der Waals surface area contributed by atoms with Crippen molar-refractivity contribution in [3.8, 4) is 11.3 Å². The largest absolute Gasteiger partial charge is 0.356 e. The summed E-state index contributed by atoms with van der Waals surface area (Å²) in [6, 6.07) is 16.0. The minimum absolute atomic E-state index is 0.0312. The van der Waals surface area contributed by atoms with Crippen LogP contribution in [0.1, 0.15) is 18.3 Å². The SMILES string of the molecule is C[C@@]1(c2ccccn2)NC(=O)N(Cc2cc(-c3ccccc3)on2)C1=O. The predicted octanol–water partition coefficient (Wildman–Crippen LogP) is 2.70. The standard InChI is InChI=1S/C19H16N4O3/c1-19(16-9-5-6-10-20-16)17(24)23(18(25)21-19)12-14-11-15(26-22-14)13-7-3-2-4-8-13/h2-11H,12H2,1H3,(H,21,25)/t19-/m0/s1. The summed E-state index contributed by atoms with van der Waals surface area (Å²) in [5, 5.41) is 6.70. The lowest BCUT2D eigenvalue weighted by Gasteiger charge is -2.20. The predicted molar refractivity (Wildman–Crippen MR) is 92.6 cm³/mol. The van der Waals surface area contributed by atoms with Crippen LogP contribution < -0.4 is 5.32 Å². The number of hydrogen-bond acceptors (Lipinski definition) is 5. The Morgan fingerprint density at radius 1 is 1.12 bits per heavy atom. The number of imide groups is 1. The number of nitrogens with one attached hydrogen (secondary N) is 1. The Morgan fingerprint density at radius 2 is 1.88 bits per heavy atom. The molecule has 0 aliphatic carbocycles. The Labute approximate surface area is 149 Å². The van der Waals surface area contributed by atoms with Gasteiger partial charge in [-0.25, -0.2) is 4.79 Å². The first-order valence-corrected chi connectivity index (χ1v) is 8.14. The van der Waals surface area contributed by atoms with Gasteiger partial charge in [-0.15, -0.1) is 0 Å². The third kappa shape index (κ3) is 2.63. The van der Waals surface area contributed by atoms with E-state index < -0.39 is 11.6 Å². The van der Waals surface area contributed by atoms with Crippen LogP contribution in [0.25, 0.3) is 11.3 Å². The first-order valence-electron chi connectivity index (χ1n) is 8.14. The topological polar surface area (TPSA) is 88.3 Å². The van der Waals surface area contributed by atoms with E-state index in [1.165, 1.54) is 0 Å². The highest BCUT2D eigenvalue weighted by atomic mass is 16.5. The van der Waals surface area contributed by atoms with Crippen molar-refractivity contribution in [2.45, 2.75) is 19.0 Å². The van der Waals surface area contributed by atoms with Crippen LogP contribution in [0, 0.1) is 0 Å². The smallest absolute Gasteiger partial charge is 0.325 e. The molecule has 0 bridgehead atoms. The molecule has 3 amide bonds. The van der Waals surface area contributed by atoms with E-state index in [2.05, 4.69) is 15.5 Å². The summed E-state index contributed by atoms with van der Waals surface area (Å²) in [5.74, 6) is 0.214. The second kappa shape index (κ2) is 6.11. The van der Waals surface area contributed by atoms with Crippen molar-refractivity contribution in [2.24, 2.45) is 0 Å². The first kappa shape index (κ1) is 16.0. The summed E-state index contributed by atoms with van der Waals surface area (Å²) in [4.78, 5) is 30.6. The van der Waals surface area contributed by atoms with Crippen molar-refractivity contribution in [1.29, 1.82) is 0 Å². The van der Waals surface area contributed by atoms with Crippen molar-refractivity contribution < 1.29 is 14.1 Å². The molecule has 0 unspecified atom stereocenters. The van der Waals surface area contributed by atoms with Gasteiger partial charge in [0.25, 0.3) is 5.91 Å². The quantitative estimate of drug-likeness (QED) is 0.732. The molecule has 130 valence electrons. The van der Waals surface area contributed by atoms with E-state index in [-0.39, 0.29) is 12.5 Å². The Balaban J connectivity index is 1.57. The van der Waals surface area contributed by atoms with Crippen LogP contribution >= 0.6 is 0 Å². The average Bonchev–Trinajstić information content (AvgIpc) is 3.23. The lowest BCUT2D eigenvalue weighted by Crippen LogP contribution is -2.41. The molecule has 7 heteroatoms. The summed E-state index contributed by atoms with van der Waals surface area (Å²) in [6.45, 7) is 1.68. The molecule has 1 aliphatic heterocycles. The van der Waals surface area contributed by atoms with Gasteiger partial charge in [0.05, 0.1) is 12.2 Å². The normalized spacial score (nSPS) is 19.7. The third-order valence-electron chi connectivity index (χ3n) is 4.39. The van der Waals surface area contributed by atoms with E-state index in [0.717, 1.165) is 10.5 Å². The molecule has 1 atom stereocenters. The van der Waals surface area contributed by atoms with Crippen molar-refractivity contribution >= 4 is 11.9 Å². The summed E-state index contributed by atoms with van der Waals surface area (Å²) < 4.78 is 5.34. The molecular formula is C19H16N4O3. The Hall–Kier alpha value is -3.48. The van der Waals surface area contributed by atoms with Crippen LogP contribution in [0.15, 0.2) is 65.3 Å². The maximum Gasteiger partial charge on any atom is 0.325 e. The zero-order valence-electron chi connectivity index (χ0n) is 14.0. The molecule has 0 saturated carbocycles. The van der Waals surface area contributed by atoms with Crippen molar-refractivity contribution in [2.75, 3.05) is 0 Å². The molecule has 4 rings (SSSR count). The molecule has 7 nitrogen and oxygen atoms in total. The van der Waals surface area contributed by atoms with E-state index in [0.29, 0.717) is 17.1 Å². The number of nitrogens with zero attached hydrogens (tertiary/aromatic N) is 3. The van der Waals surface area contributed by atoms with E-state index >= 15 is 0 Å². The van der Waals surface area contributed by atoms with Crippen LogP contribution in [-0.4, -0.2) is 27.0 Å². The number of carbonyl (C=O) groups excluding carboxylic acids is 2. The second-order valence-corrected chi connectivity index (χ2v) is 6.21. The van der Waals surface area contributed by atoms with Crippen LogP contribution in [0.4, 0.5) is 4.79 Å². The molecule has 2 aromatic heterocycles. The number of rotatable bonds is 4. The molecule has 1 saturated heterocycles. The molecule has 0 radical (unpaired) electrons. The Bertz CT molecular complexity index is 955. The number of aromatic nitrogens is 2. The van der Waals surface area contributed by atoms with Crippen LogP contribution in [0.2, 0.25) is 0 Å². The summed E-state index contributed by atoms with van der Waals surface area (Å²) in [6.07, 6.45) is 1.59. The highest BCUT2D eigenvalue weighted by Crippen LogP contribution is 2.29. The van der Waals surface area contributed by atoms with Gasteiger partial charge < -0.3 is 9.84 Å². The highest BCUT2D eigenvalue weighted by molar-refractivity contribution is 6.06. The number of urea groups is 1. The van der Waals surface area contributed by atoms with Gasteiger partial charge in [-0.2, -0.15) is 0 Å². The number of hydrogen-bond donors (Lipinski definition) is 1. The second-order valence-electron chi connectivity index (χ2n) is 6.21. The molecule has 26 heavy (non-hydrogen) atoms. The number of carbonyl (C=O) groups is 2. The van der Waals surface area contributed by atoms with Crippen molar-refractivity contribution in [1.82, 2.24) is 20.4 Å². The van der Waals surface area contributed by atoms with E-state index in [1.807, 2.05) is 30.3 Å². The highest BCUT2D eigenvalue weighted by Gasteiger charge is 2.50. The van der Waals surface area contributed by atoms with E-state index in [4.69, 9.17) is 4.52 Å². The van der Waals surface area contributed by atoms with E-state index in [9.17, 15) is 9.59 Å². The minimum Gasteiger partial charge on any atom is -0.356 e. The Kier molecular flexibility index (Phi) is 3.76. The zero-order chi connectivity index (χ0) is 18.1. The minimum atomic E-state index is -1.19. The average molecular weight is 348 g/mol. The van der Waals surface area contributed by atoms with Gasteiger partial charge in [0.1, 0.15) is 5.69 Å². The zero-order valence-corrected chi connectivity index (χ0v) is 14.0. The molecule has 1 fully saturated rings. The monoisotopic (exact) mass is 348 g/mol. The maximum atomic E-state index is 12.9. The van der Waals surface area contributed by atoms with Crippen LogP contribution in [0.3, 0.4) is 0 Å². The summed E-state index contributed by atoms with van der Waals surface area (Å²) >= 11 is 0. The van der Waals surface area contributed by atoms with Crippen LogP contribution in [-0.2, 0) is 16.9 Å². The fourth-order valence-electron chi connectivity index (χ4n) is 2.96. The molecule has 1 N–H and O–H groups in total. The first-order chi connectivity index (χ1) is 12.6. The Morgan fingerprint density at radius 3 is 2.62 bits per heavy atom. The van der Waals surface area contributed by atoms with E-state index in [1.54, 1.807) is 37.4 Å². The molecule has 1 aliphatic rings. The third-order valence-corrected chi connectivity index (χ3v) is 4.39. The fourth-order valence-corrected chi connectivity index (χ4v) is 2.96. The number of pyridine rings is 1. The van der Waals surface area contributed by atoms with Gasteiger partial charge in [-0.1, -0.05) is 41.6 Å². The summed E-state index contributed by atoms with van der Waals surface area (Å²) in [5.41, 5.74) is 0.676. The molecule has 3 aromatic rings. The van der Waals surface area contributed by atoms with Gasteiger partial charge in [0.2, 0.25) is 0 Å². The van der Waals surface area contributed by atoms with Crippen molar-refractivity contribution in [3.05, 3.63) is 72.2 Å². The summed E-state index contributed by atoms with van der Waals surface area (Å²) in [7, 11) is 0. The van der Waals surface area contributed by atoms with Gasteiger partial charge in [-0.05, 0) is 19.1 Å². The van der Waals surface area contributed by atoms with Gasteiger partial charge in [-0.3, -0.25) is 14.7 Å². The molecule has 1 aromatic carbocycles. The van der Waals surface area contributed by atoms with Gasteiger partial charge in [0, 0.05) is 17.8 Å². The molecular weight excluding hydrogens is 332 g/mol. The number of amides is 3. The molecule has 0 spiro atoms. The maximum absolute atomic E-state index is 12.9. The van der Waals surface area contributed by atoms with Crippen LogP contribution in [0.5, 0.6) is 0 Å². The number of benzene rings is 1. The fraction of sp³-hybridized carbons (Fsp3) is 0.158. The van der Waals surface area contributed by atoms with Crippen molar-refractivity contribution in [3.63, 3.8) is 0 Å². The van der Waals surface area contributed by atoms with Gasteiger partial charge >= 0.3 is 6.03 Å². The van der Waals surface area contributed by atoms with Gasteiger partial charge in [0.15, 0.2) is 11.3 Å². The lowest BCUT2D eigenvalue weighted by molar-refractivity contribution is -0.131. The molecule has 3 heterocycles.